The molecule has 0 aromatic carbocycles. The van der Waals surface area contributed by atoms with Gasteiger partial charge in [-0.15, -0.1) is 0 Å². The highest BCUT2D eigenvalue weighted by atomic mass is 16.4. The van der Waals surface area contributed by atoms with E-state index in [0.717, 1.165) is 0 Å². The zero-order chi connectivity index (χ0) is 87.1. The molecule has 0 saturated heterocycles. The standard InChI is InChI=1S/C39H64N6O15.C36H58N6O15/c46-20-26(21-47)34(52)11-2-1-8-32(38(57)58)44-16-14-43(31(37(55)56)9-4-12-40-35(53)27(22-48)23-49)15-17-45(19-30-7-3-6-29(18-44)42-30)33(39(59)60)10-5-13-41-36(54)28(24-50)25-51;43-20-26(47)5-4-25(46)6-7-30(35(54)55)41-14-12-40(29(34(52)53)8-10-32(50)37-16-27(48)21-44)13-15-42(19-24-3-1-2-23(18-41)39-24)31(36(56)57)9-11-33(51)38-17-28(49)22-45/h3,6-7,26-28,31-33,46-51H,1-2,4-5,8-25H2,(H,40,53)(H,41,54)(H,55,56)(H,57,58)(H,59,60);1-3,26-31,43-45,47-49H,4-22H2,(H,37,50)(H,38,51)(H,52,53)(H,54,55)(H,56,57). The van der Waals surface area contributed by atoms with Gasteiger partial charge in [0.05, 0.1) is 118 Å². The summed E-state index contributed by atoms with van der Waals surface area (Å²) in [5.74, 6) is -13.4. The Balaban J connectivity index is 0.000000606. The number of aromatic nitrogens is 2. The zero-order valence-corrected chi connectivity index (χ0v) is 65.9. The van der Waals surface area contributed by atoms with Gasteiger partial charge in [-0.1, -0.05) is 18.6 Å². The van der Waals surface area contributed by atoms with Crippen molar-refractivity contribution in [1.82, 2.24) is 60.6 Å². The number of fused-ring (bicyclic) bond motifs is 4. The van der Waals surface area contributed by atoms with Crippen molar-refractivity contribution in [1.29, 1.82) is 0 Å². The fourth-order valence-corrected chi connectivity index (χ4v) is 13.3. The van der Waals surface area contributed by atoms with Crippen molar-refractivity contribution in [2.75, 3.05) is 138 Å². The lowest BCUT2D eigenvalue weighted by Crippen LogP contribution is -2.52. The largest absolute Gasteiger partial charge is 0.480 e. The van der Waals surface area contributed by atoms with Gasteiger partial charge < -0.3 is 113 Å². The third kappa shape index (κ3) is 38.5. The van der Waals surface area contributed by atoms with Gasteiger partial charge in [-0.25, -0.2) is 0 Å². The van der Waals surface area contributed by atoms with Crippen LogP contribution in [0.2, 0.25) is 0 Å². The number of aliphatic hydroxyl groups is 12. The lowest BCUT2D eigenvalue weighted by Gasteiger charge is -2.37. The number of rotatable bonds is 53. The molecule has 0 radical (unpaired) electrons. The second-order valence-corrected chi connectivity index (χ2v) is 28.9. The van der Waals surface area contributed by atoms with E-state index in [0.29, 0.717) is 35.6 Å². The van der Waals surface area contributed by atoms with Gasteiger partial charge in [0.2, 0.25) is 23.6 Å². The van der Waals surface area contributed by atoms with Crippen LogP contribution < -0.4 is 21.3 Å². The number of aliphatic hydroxyl groups excluding tert-OH is 12. The van der Waals surface area contributed by atoms with Crippen molar-refractivity contribution in [2.24, 2.45) is 17.8 Å². The van der Waals surface area contributed by atoms with Crippen LogP contribution in [-0.2, 0) is 83.7 Å². The second kappa shape index (κ2) is 56.9. The molecule has 4 heterocycles. The topological polar surface area (TPSA) is 662 Å². The molecule has 2 aromatic heterocycles. The highest BCUT2D eigenvalue weighted by Crippen LogP contribution is 2.24. The Morgan fingerprint density at radius 2 is 0.598 bits per heavy atom. The maximum Gasteiger partial charge on any atom is 0.320 e. The summed E-state index contributed by atoms with van der Waals surface area (Å²) < 4.78 is 0. The van der Waals surface area contributed by atoms with Gasteiger partial charge in [-0.05, 0) is 88.5 Å². The molecule has 662 valence electrons. The van der Waals surface area contributed by atoms with Crippen molar-refractivity contribution in [2.45, 2.75) is 183 Å². The smallest absolute Gasteiger partial charge is 0.320 e. The predicted molar refractivity (Wildman–Crippen MR) is 410 cm³/mol. The number of hydrogen-bond donors (Lipinski definition) is 22. The molecule has 4 rings (SSSR count). The number of ketones is 2. The minimum Gasteiger partial charge on any atom is -0.480 e. The maximum atomic E-state index is 12.9. The second-order valence-electron chi connectivity index (χ2n) is 28.9. The average molecular weight is 1670 g/mol. The quantitative estimate of drug-likeness (QED) is 0.0274. The van der Waals surface area contributed by atoms with Gasteiger partial charge in [0.1, 0.15) is 47.8 Å². The average Bonchev–Trinajstić information content (AvgIpc) is 0.839. The summed E-state index contributed by atoms with van der Waals surface area (Å²) in [6.45, 7) is -5.78. The first-order chi connectivity index (χ1) is 55.8. The molecule has 2 aromatic rings. The third-order valence-corrected chi connectivity index (χ3v) is 20.3. The van der Waals surface area contributed by atoms with Crippen LogP contribution in [-0.4, -0.2) is 395 Å². The molecule has 9 atom stereocenters. The number of carbonyl (C=O) groups excluding carboxylic acids is 6. The number of Topliss-reactive ketones (excluding diaryl/α,β-unsaturated/α-hetero) is 2. The molecular weight excluding hydrogens is 1550 g/mol. The first-order valence-corrected chi connectivity index (χ1v) is 39.2. The third-order valence-electron chi connectivity index (χ3n) is 20.3. The van der Waals surface area contributed by atoms with E-state index < -0.39 is 191 Å². The van der Waals surface area contributed by atoms with Gasteiger partial charge in [0, 0.05) is 137 Å². The summed E-state index contributed by atoms with van der Waals surface area (Å²) >= 11 is 0. The van der Waals surface area contributed by atoms with E-state index in [9.17, 15) is 134 Å². The molecule has 42 nitrogen and oxygen atoms in total. The number of carboxylic acid groups (broad SMARTS) is 6. The van der Waals surface area contributed by atoms with Crippen LogP contribution in [0.3, 0.4) is 0 Å². The fraction of sp³-hybridized carbons (Fsp3) is 0.707. The molecule has 0 aliphatic carbocycles. The minimum atomic E-state index is -1.34. The molecule has 9 unspecified atom stereocenters. The summed E-state index contributed by atoms with van der Waals surface area (Å²) in [7, 11) is 0. The van der Waals surface area contributed by atoms with E-state index in [4.69, 9.17) is 20.3 Å². The first-order valence-electron chi connectivity index (χ1n) is 39.2. The number of hydrogen-bond acceptors (Lipinski definition) is 32. The molecule has 0 fully saturated rings. The molecule has 2 aliphatic heterocycles. The molecule has 42 heteroatoms. The van der Waals surface area contributed by atoms with Gasteiger partial charge in [0.25, 0.3) is 0 Å². The predicted octanol–water partition coefficient (Wildman–Crippen LogP) is -6.57. The lowest BCUT2D eigenvalue weighted by atomic mass is 9.99. The van der Waals surface area contributed by atoms with E-state index in [-0.39, 0.29) is 206 Å². The summed E-state index contributed by atoms with van der Waals surface area (Å²) in [4.78, 5) is 170. The van der Waals surface area contributed by atoms with Crippen molar-refractivity contribution in [3.63, 3.8) is 0 Å². The number of nitrogens with one attached hydrogen (secondary N) is 4. The van der Waals surface area contributed by atoms with Crippen LogP contribution in [0.5, 0.6) is 0 Å². The molecule has 22 N–H and O–H groups in total. The number of nitrogens with zero attached hydrogens (tertiary/aromatic N) is 8. The van der Waals surface area contributed by atoms with Gasteiger partial charge in [-0.3, -0.25) is 96.9 Å². The molecule has 117 heavy (non-hydrogen) atoms. The van der Waals surface area contributed by atoms with Crippen LogP contribution in [0.1, 0.15) is 126 Å². The molecular formula is C75H122N12O30. The zero-order valence-electron chi connectivity index (χ0n) is 65.9. The van der Waals surface area contributed by atoms with E-state index in [1.54, 1.807) is 56.0 Å². The molecule has 0 saturated carbocycles. The van der Waals surface area contributed by atoms with Crippen molar-refractivity contribution >= 4 is 71.0 Å². The van der Waals surface area contributed by atoms with E-state index >= 15 is 0 Å². The highest BCUT2D eigenvalue weighted by Gasteiger charge is 2.37. The number of carbonyl (C=O) groups is 12. The number of amides is 4. The molecule has 4 bridgehead atoms. The van der Waals surface area contributed by atoms with Gasteiger partial charge in [0.15, 0.2) is 0 Å². The summed E-state index contributed by atoms with van der Waals surface area (Å²) in [6.07, 6.45) is -3.68. The fourth-order valence-electron chi connectivity index (χ4n) is 13.3. The monoisotopic (exact) mass is 1670 g/mol. The SMILES string of the molecule is O=C(CCC(O)CO)CCC(C(=O)O)N1CCN(C(CCC(=O)NCC(O)CO)C(=O)O)CCN(C(CCC(=O)NCC(O)CO)C(=O)O)Cc2cccc(n2)C1.O=C(CCCCC(C(=O)O)N1CCN(C(CCCNC(=O)C(CO)CO)C(=O)O)CCN(C(CCCNC(=O)C(CO)CO)C(=O)O)Cc2cccc(n2)C1)C(CO)CO. The van der Waals surface area contributed by atoms with Crippen LogP contribution in [0.4, 0.5) is 0 Å². The molecule has 2 aliphatic rings. The molecule has 0 spiro atoms. The number of carboxylic acids is 6. The van der Waals surface area contributed by atoms with Crippen LogP contribution in [0.15, 0.2) is 36.4 Å². The Labute approximate surface area is 677 Å². The minimum absolute atomic E-state index is 0.000780. The highest BCUT2D eigenvalue weighted by molar-refractivity contribution is 5.83. The summed E-state index contributed by atoms with van der Waals surface area (Å²) in [5, 5.41) is 184. The van der Waals surface area contributed by atoms with Crippen LogP contribution in [0.25, 0.3) is 0 Å². The number of pyridine rings is 2. The molecule has 4 amide bonds. The van der Waals surface area contributed by atoms with Crippen molar-refractivity contribution < 1.29 is 149 Å². The van der Waals surface area contributed by atoms with E-state index in [2.05, 4.69) is 26.3 Å². The van der Waals surface area contributed by atoms with Gasteiger partial charge in [-0.2, -0.15) is 0 Å². The Morgan fingerprint density at radius 1 is 0.316 bits per heavy atom. The van der Waals surface area contributed by atoms with Crippen LogP contribution >= 0.6 is 0 Å². The normalized spacial score (nSPS) is 16.9. The Kier molecular flexibility index (Phi) is 50.0. The number of unbranched alkanes of at least 4 members (excludes halogenated alkanes) is 1. The van der Waals surface area contributed by atoms with E-state index in [1.807, 2.05) is 0 Å². The maximum absolute atomic E-state index is 12.9. The van der Waals surface area contributed by atoms with Crippen LogP contribution in [0, 0.1) is 17.8 Å². The van der Waals surface area contributed by atoms with Crippen molar-refractivity contribution in [3.05, 3.63) is 59.2 Å². The van der Waals surface area contributed by atoms with E-state index in [1.165, 1.54) is 9.80 Å². The lowest BCUT2D eigenvalue weighted by molar-refractivity contribution is -0.147. The van der Waals surface area contributed by atoms with Gasteiger partial charge >= 0.3 is 35.8 Å². The summed E-state index contributed by atoms with van der Waals surface area (Å²) in [5.41, 5.74) is 1.73. The summed E-state index contributed by atoms with van der Waals surface area (Å²) in [6, 6.07) is 2.83. The Hall–Kier alpha value is -8.38. The number of aliphatic carboxylic acids is 6. The Bertz CT molecular complexity index is 3220. The van der Waals surface area contributed by atoms with Crippen molar-refractivity contribution in [3.8, 4) is 0 Å². The Morgan fingerprint density at radius 3 is 0.915 bits per heavy atom. The first kappa shape index (κ1) is 103.